The van der Waals surface area contributed by atoms with E-state index in [0.29, 0.717) is 29.0 Å². The molecule has 0 saturated carbocycles. The number of anilines is 1. The molecule has 2 amide bonds. The highest BCUT2D eigenvalue weighted by Crippen LogP contribution is 2.41. The van der Waals surface area contributed by atoms with Crippen molar-refractivity contribution in [3.05, 3.63) is 58.4 Å². The molecule has 2 N–H and O–H groups in total. The van der Waals surface area contributed by atoms with Crippen molar-refractivity contribution in [2.45, 2.75) is 44.6 Å². The lowest BCUT2D eigenvalue weighted by molar-refractivity contribution is -0.121. The Balaban J connectivity index is 1.67. The maximum atomic E-state index is 14.8. The van der Waals surface area contributed by atoms with Gasteiger partial charge in [-0.15, -0.1) is 0 Å². The molecule has 1 aliphatic heterocycles. The van der Waals surface area contributed by atoms with E-state index in [-0.39, 0.29) is 17.8 Å². The lowest BCUT2D eigenvalue weighted by Crippen LogP contribution is -2.44. The molecular weight excluding hydrogens is 387 g/mol. The Bertz CT molecular complexity index is 1030. The van der Waals surface area contributed by atoms with E-state index in [1.807, 2.05) is 19.9 Å². The molecule has 2 aromatic carbocycles. The number of rotatable bonds is 3. The summed E-state index contributed by atoms with van der Waals surface area (Å²) in [6.45, 7) is 4.22. The number of amides is 2. The molecule has 1 aliphatic carbocycles. The maximum Gasteiger partial charge on any atom is 0.408 e. The van der Waals surface area contributed by atoms with Gasteiger partial charge in [-0.1, -0.05) is 19.9 Å². The topological polar surface area (TPSA) is 78.9 Å². The third-order valence-electron chi connectivity index (χ3n) is 6.21. The van der Waals surface area contributed by atoms with Gasteiger partial charge in [0.2, 0.25) is 0 Å². The van der Waals surface area contributed by atoms with E-state index >= 15 is 0 Å². The van der Waals surface area contributed by atoms with Crippen LogP contribution in [-0.2, 0) is 23.1 Å². The van der Waals surface area contributed by atoms with Crippen molar-refractivity contribution < 1.29 is 23.8 Å². The molecule has 158 valence electrons. The number of carbonyl (C=O) groups is 2. The largest absolute Gasteiger partial charge is 0.497 e. The number of hydrogen-bond acceptors (Lipinski definition) is 3. The Labute approximate surface area is 174 Å². The molecule has 0 radical (unpaired) electrons. The van der Waals surface area contributed by atoms with E-state index < -0.39 is 18.0 Å². The van der Waals surface area contributed by atoms with Crippen LogP contribution in [-0.4, -0.2) is 35.7 Å². The Morgan fingerprint density at radius 3 is 2.67 bits per heavy atom. The number of benzene rings is 2. The van der Waals surface area contributed by atoms with Crippen LogP contribution in [0.4, 0.5) is 14.9 Å². The number of carbonyl (C=O) groups excluding carboxylic acids is 1. The number of aryl methyl sites for hydroxylation is 1. The quantitative estimate of drug-likeness (QED) is 0.789. The van der Waals surface area contributed by atoms with E-state index in [1.54, 1.807) is 25.3 Å². The maximum absolute atomic E-state index is 14.8. The highest BCUT2D eigenvalue weighted by molar-refractivity contribution is 5.97. The van der Waals surface area contributed by atoms with Gasteiger partial charge in [-0.2, -0.15) is 0 Å². The first-order chi connectivity index (χ1) is 14.2. The number of nitrogens with zero attached hydrogens (tertiary/aromatic N) is 1. The smallest absolute Gasteiger partial charge is 0.408 e. The van der Waals surface area contributed by atoms with Crippen LogP contribution in [0.3, 0.4) is 0 Å². The van der Waals surface area contributed by atoms with E-state index in [9.17, 15) is 19.1 Å². The fraction of sp³-hybridized carbons (Fsp3) is 0.391. The molecule has 4 rings (SSSR count). The molecule has 6 nitrogen and oxygen atoms in total. The van der Waals surface area contributed by atoms with Gasteiger partial charge in [-0.3, -0.25) is 9.69 Å². The molecule has 0 spiro atoms. The second-order valence-electron chi connectivity index (χ2n) is 8.56. The van der Waals surface area contributed by atoms with Gasteiger partial charge in [-0.05, 0) is 71.2 Å². The number of nitrogens with one attached hydrogen (secondary N) is 1. The zero-order chi connectivity index (χ0) is 21.6. The molecule has 2 aliphatic rings. The average molecular weight is 412 g/mol. The fourth-order valence-corrected chi connectivity index (χ4v) is 4.69. The number of fused-ring (bicyclic) bond motifs is 2. The van der Waals surface area contributed by atoms with Crippen LogP contribution in [0.2, 0.25) is 0 Å². The van der Waals surface area contributed by atoms with Crippen LogP contribution < -0.4 is 10.1 Å². The number of halogens is 1. The molecule has 0 fully saturated rings. The standard InChI is InChI=1S/C23H25FN2O4/c1-23(2)8-6-14-10-15(12-18(24)19(14)23)25-21(27)20-17-5-4-16(30-3)11-13(17)7-9-26(20)22(28)29/h4-5,10-12,20H,6-9H2,1-3H3,(H,25,27)(H,28,29). The summed E-state index contributed by atoms with van der Waals surface area (Å²) < 4.78 is 20.0. The fourth-order valence-electron chi connectivity index (χ4n) is 4.69. The predicted octanol–water partition coefficient (Wildman–Crippen LogP) is 4.27. The summed E-state index contributed by atoms with van der Waals surface area (Å²) in [4.78, 5) is 26.1. The van der Waals surface area contributed by atoms with Crippen molar-refractivity contribution in [3.63, 3.8) is 0 Å². The molecule has 7 heteroatoms. The summed E-state index contributed by atoms with van der Waals surface area (Å²) in [6.07, 6.45) is 0.918. The lowest BCUT2D eigenvalue weighted by atomic mass is 9.86. The van der Waals surface area contributed by atoms with Gasteiger partial charge in [0.25, 0.3) is 5.91 Å². The van der Waals surface area contributed by atoms with E-state index in [2.05, 4.69) is 5.32 Å². The second kappa shape index (κ2) is 7.31. The van der Waals surface area contributed by atoms with Crippen LogP contribution >= 0.6 is 0 Å². The highest BCUT2D eigenvalue weighted by Gasteiger charge is 2.37. The zero-order valence-electron chi connectivity index (χ0n) is 17.3. The van der Waals surface area contributed by atoms with Crippen molar-refractivity contribution in [2.24, 2.45) is 0 Å². The third-order valence-corrected chi connectivity index (χ3v) is 6.21. The van der Waals surface area contributed by atoms with Gasteiger partial charge in [0.05, 0.1) is 7.11 Å². The first-order valence-corrected chi connectivity index (χ1v) is 10.0. The van der Waals surface area contributed by atoms with Crippen molar-refractivity contribution in [3.8, 4) is 5.75 Å². The van der Waals surface area contributed by atoms with Crippen molar-refractivity contribution in [1.82, 2.24) is 4.90 Å². The van der Waals surface area contributed by atoms with Gasteiger partial charge in [0.1, 0.15) is 17.6 Å². The molecule has 0 bridgehead atoms. The van der Waals surface area contributed by atoms with Crippen LogP contribution in [0.15, 0.2) is 30.3 Å². The Hall–Kier alpha value is -3.09. The van der Waals surface area contributed by atoms with Crippen LogP contribution in [0, 0.1) is 5.82 Å². The normalized spacial score (nSPS) is 19.1. The Morgan fingerprint density at radius 1 is 1.20 bits per heavy atom. The van der Waals surface area contributed by atoms with E-state index in [1.165, 1.54) is 6.07 Å². The molecule has 1 heterocycles. The highest BCUT2D eigenvalue weighted by atomic mass is 19.1. The number of ether oxygens (including phenoxy) is 1. The SMILES string of the molecule is COc1ccc2c(c1)CCN(C(=O)O)C2C(=O)Nc1cc(F)c2c(c1)CCC2(C)C. The molecule has 1 atom stereocenters. The number of methoxy groups -OCH3 is 1. The van der Waals surface area contributed by atoms with E-state index in [0.717, 1.165) is 28.9 Å². The molecule has 0 saturated heterocycles. The summed E-state index contributed by atoms with van der Waals surface area (Å²) in [5.41, 5.74) is 3.18. The molecular formula is C23H25FN2O4. The molecule has 0 aromatic heterocycles. The second-order valence-corrected chi connectivity index (χ2v) is 8.56. The molecule has 2 aromatic rings. The lowest BCUT2D eigenvalue weighted by Gasteiger charge is -2.34. The summed E-state index contributed by atoms with van der Waals surface area (Å²) in [5, 5.41) is 12.4. The number of carboxylic acid groups (broad SMARTS) is 1. The van der Waals surface area contributed by atoms with Gasteiger partial charge in [-0.25, -0.2) is 9.18 Å². The Morgan fingerprint density at radius 2 is 1.97 bits per heavy atom. The molecule has 30 heavy (non-hydrogen) atoms. The van der Waals surface area contributed by atoms with Gasteiger partial charge < -0.3 is 15.2 Å². The van der Waals surface area contributed by atoms with Gasteiger partial charge in [0, 0.05) is 12.2 Å². The zero-order valence-corrected chi connectivity index (χ0v) is 17.3. The van der Waals surface area contributed by atoms with Crippen LogP contribution in [0.1, 0.15) is 48.6 Å². The number of hydrogen-bond donors (Lipinski definition) is 2. The average Bonchev–Trinajstić information content (AvgIpc) is 3.01. The first-order valence-electron chi connectivity index (χ1n) is 10.0. The van der Waals surface area contributed by atoms with Gasteiger partial charge in [0.15, 0.2) is 0 Å². The van der Waals surface area contributed by atoms with Crippen LogP contribution in [0.25, 0.3) is 0 Å². The predicted molar refractivity (Wildman–Crippen MR) is 111 cm³/mol. The van der Waals surface area contributed by atoms with Crippen molar-refractivity contribution in [2.75, 3.05) is 19.0 Å². The van der Waals surface area contributed by atoms with Gasteiger partial charge >= 0.3 is 6.09 Å². The first kappa shape index (κ1) is 20.2. The summed E-state index contributed by atoms with van der Waals surface area (Å²) in [5.74, 6) is -0.186. The monoisotopic (exact) mass is 412 g/mol. The third kappa shape index (κ3) is 3.38. The summed E-state index contributed by atoms with van der Waals surface area (Å²) in [6, 6.07) is 7.37. The van der Waals surface area contributed by atoms with E-state index in [4.69, 9.17) is 4.74 Å². The van der Waals surface area contributed by atoms with Crippen LogP contribution in [0.5, 0.6) is 5.75 Å². The minimum absolute atomic E-state index is 0.195. The minimum Gasteiger partial charge on any atom is -0.497 e. The van der Waals surface area contributed by atoms with Crippen molar-refractivity contribution >= 4 is 17.7 Å². The molecule has 1 unspecified atom stereocenters. The summed E-state index contributed by atoms with van der Waals surface area (Å²) >= 11 is 0. The summed E-state index contributed by atoms with van der Waals surface area (Å²) in [7, 11) is 1.56. The Kier molecular flexibility index (Phi) is 4.92. The minimum atomic E-state index is -1.17. The van der Waals surface area contributed by atoms with Crippen molar-refractivity contribution in [1.29, 1.82) is 0 Å².